The maximum atomic E-state index is 4.39. The summed E-state index contributed by atoms with van der Waals surface area (Å²) in [6.07, 6.45) is 0. The molecule has 1 unspecified atom stereocenters. The molecule has 2 heteroatoms. The van der Waals surface area contributed by atoms with E-state index in [9.17, 15) is 0 Å². The van der Waals surface area contributed by atoms with Crippen LogP contribution < -0.4 is 0 Å². The monoisotopic (exact) mass is 261 g/mol. The standard InChI is InChI=1S/C9H12IN/c1-6-4-5-9(7(2)10)8(3)11-6/h4-5,7H,1-3H3. The summed E-state index contributed by atoms with van der Waals surface area (Å²) in [7, 11) is 0. The molecule has 0 fully saturated rings. The summed E-state index contributed by atoms with van der Waals surface area (Å²) in [5.74, 6) is 0. The fourth-order valence-corrected chi connectivity index (χ4v) is 1.78. The molecule has 0 aliphatic carbocycles. The molecule has 0 aliphatic heterocycles. The smallest absolute Gasteiger partial charge is 0.0418 e. The molecule has 0 aromatic carbocycles. The zero-order chi connectivity index (χ0) is 8.43. The van der Waals surface area contributed by atoms with E-state index in [0.717, 1.165) is 11.4 Å². The normalized spacial score (nSPS) is 13.1. The van der Waals surface area contributed by atoms with Gasteiger partial charge in [0.2, 0.25) is 0 Å². The van der Waals surface area contributed by atoms with E-state index in [2.05, 4.69) is 53.6 Å². The fraction of sp³-hybridized carbons (Fsp3) is 0.444. The van der Waals surface area contributed by atoms with Crippen molar-refractivity contribution >= 4 is 22.6 Å². The van der Waals surface area contributed by atoms with Crippen LogP contribution in [0.25, 0.3) is 0 Å². The van der Waals surface area contributed by atoms with Crippen molar-refractivity contribution in [2.75, 3.05) is 0 Å². The van der Waals surface area contributed by atoms with Crippen LogP contribution in [-0.2, 0) is 0 Å². The Morgan fingerprint density at radius 2 is 2.00 bits per heavy atom. The van der Waals surface area contributed by atoms with Crippen molar-refractivity contribution in [1.29, 1.82) is 0 Å². The topological polar surface area (TPSA) is 12.9 Å². The molecule has 0 N–H and O–H groups in total. The van der Waals surface area contributed by atoms with Crippen LogP contribution in [0.15, 0.2) is 12.1 Å². The lowest BCUT2D eigenvalue weighted by molar-refractivity contribution is 1.02. The van der Waals surface area contributed by atoms with Gasteiger partial charge in [0, 0.05) is 15.3 Å². The summed E-state index contributed by atoms with van der Waals surface area (Å²) in [5, 5.41) is 0. The zero-order valence-corrected chi connectivity index (χ0v) is 9.21. The lowest BCUT2D eigenvalue weighted by Gasteiger charge is -2.06. The van der Waals surface area contributed by atoms with Crippen LogP contribution in [0, 0.1) is 13.8 Å². The van der Waals surface area contributed by atoms with Gasteiger partial charge in [0.1, 0.15) is 0 Å². The van der Waals surface area contributed by atoms with E-state index >= 15 is 0 Å². The first-order chi connectivity index (χ1) is 5.11. The number of alkyl halides is 1. The average Bonchev–Trinajstić information content (AvgIpc) is 1.85. The summed E-state index contributed by atoms with van der Waals surface area (Å²) >= 11 is 2.41. The Morgan fingerprint density at radius 1 is 1.36 bits per heavy atom. The first kappa shape index (κ1) is 8.97. The van der Waals surface area contributed by atoms with Crippen LogP contribution in [0.3, 0.4) is 0 Å². The second kappa shape index (κ2) is 3.52. The van der Waals surface area contributed by atoms with Gasteiger partial charge in [0.15, 0.2) is 0 Å². The Bertz CT molecular complexity index is 256. The molecular formula is C9H12IN. The van der Waals surface area contributed by atoms with E-state index in [4.69, 9.17) is 0 Å². The second-order valence-electron chi connectivity index (χ2n) is 2.74. The van der Waals surface area contributed by atoms with Crippen molar-refractivity contribution in [3.63, 3.8) is 0 Å². The first-order valence-electron chi connectivity index (χ1n) is 3.69. The molecule has 1 aromatic rings. The van der Waals surface area contributed by atoms with E-state index in [1.165, 1.54) is 5.56 Å². The Labute approximate surface area is 81.4 Å². The van der Waals surface area contributed by atoms with Gasteiger partial charge < -0.3 is 0 Å². The van der Waals surface area contributed by atoms with Crippen molar-refractivity contribution in [3.8, 4) is 0 Å². The molecule has 0 saturated heterocycles. The lowest BCUT2D eigenvalue weighted by Crippen LogP contribution is -1.93. The third kappa shape index (κ3) is 2.15. The quantitative estimate of drug-likeness (QED) is 0.558. The summed E-state index contributed by atoms with van der Waals surface area (Å²) < 4.78 is 0.556. The fourth-order valence-electron chi connectivity index (χ4n) is 1.12. The minimum absolute atomic E-state index is 0.556. The molecule has 1 aromatic heterocycles. The molecule has 11 heavy (non-hydrogen) atoms. The number of pyridine rings is 1. The highest BCUT2D eigenvalue weighted by atomic mass is 127. The first-order valence-corrected chi connectivity index (χ1v) is 4.94. The molecule has 1 atom stereocenters. The second-order valence-corrected chi connectivity index (χ2v) is 4.61. The van der Waals surface area contributed by atoms with Crippen molar-refractivity contribution in [2.45, 2.75) is 24.7 Å². The maximum absolute atomic E-state index is 4.39. The van der Waals surface area contributed by atoms with E-state index in [0.29, 0.717) is 3.92 Å². The molecule has 0 amide bonds. The number of aryl methyl sites for hydroxylation is 2. The van der Waals surface area contributed by atoms with Crippen LogP contribution in [0.4, 0.5) is 0 Å². The molecule has 1 nitrogen and oxygen atoms in total. The number of rotatable bonds is 1. The Hall–Kier alpha value is -0.120. The maximum Gasteiger partial charge on any atom is 0.0418 e. The predicted octanol–water partition coefficient (Wildman–Crippen LogP) is 3.19. The predicted molar refractivity (Wildman–Crippen MR) is 56.1 cm³/mol. The molecule has 0 spiro atoms. The van der Waals surface area contributed by atoms with Gasteiger partial charge in [-0.25, -0.2) is 0 Å². The Morgan fingerprint density at radius 3 is 2.45 bits per heavy atom. The summed E-state index contributed by atoms with van der Waals surface area (Å²) in [4.78, 5) is 4.39. The van der Waals surface area contributed by atoms with Crippen LogP contribution in [0.2, 0.25) is 0 Å². The van der Waals surface area contributed by atoms with Crippen LogP contribution in [0.5, 0.6) is 0 Å². The largest absolute Gasteiger partial charge is 0.258 e. The van der Waals surface area contributed by atoms with Crippen molar-refractivity contribution in [3.05, 3.63) is 29.1 Å². The number of halogens is 1. The van der Waals surface area contributed by atoms with Gasteiger partial charge in [0.05, 0.1) is 0 Å². The molecule has 0 bridgehead atoms. The summed E-state index contributed by atoms with van der Waals surface area (Å²) in [6, 6.07) is 4.23. The minimum Gasteiger partial charge on any atom is -0.258 e. The van der Waals surface area contributed by atoms with E-state index in [1.807, 2.05) is 6.92 Å². The highest BCUT2D eigenvalue weighted by molar-refractivity contribution is 14.1. The van der Waals surface area contributed by atoms with Crippen LogP contribution in [0.1, 0.15) is 27.8 Å². The highest BCUT2D eigenvalue weighted by Gasteiger charge is 2.04. The molecule has 1 rings (SSSR count). The molecule has 0 radical (unpaired) electrons. The van der Waals surface area contributed by atoms with Crippen molar-refractivity contribution in [1.82, 2.24) is 4.98 Å². The third-order valence-corrected chi connectivity index (χ3v) is 2.37. The van der Waals surface area contributed by atoms with Gasteiger partial charge in [-0.05, 0) is 32.4 Å². The molecular weight excluding hydrogens is 249 g/mol. The van der Waals surface area contributed by atoms with Crippen molar-refractivity contribution < 1.29 is 0 Å². The van der Waals surface area contributed by atoms with Gasteiger partial charge in [0.25, 0.3) is 0 Å². The Kier molecular flexibility index (Phi) is 2.87. The highest BCUT2D eigenvalue weighted by Crippen LogP contribution is 2.24. The molecule has 0 saturated carbocycles. The molecule has 1 heterocycles. The van der Waals surface area contributed by atoms with E-state index < -0.39 is 0 Å². The number of hydrogen-bond acceptors (Lipinski definition) is 1. The van der Waals surface area contributed by atoms with Crippen molar-refractivity contribution in [2.24, 2.45) is 0 Å². The van der Waals surface area contributed by atoms with Crippen LogP contribution in [-0.4, -0.2) is 4.98 Å². The molecule has 60 valence electrons. The number of aromatic nitrogens is 1. The van der Waals surface area contributed by atoms with Crippen LogP contribution >= 0.6 is 22.6 Å². The lowest BCUT2D eigenvalue weighted by atomic mass is 10.1. The average molecular weight is 261 g/mol. The zero-order valence-electron chi connectivity index (χ0n) is 7.06. The van der Waals surface area contributed by atoms with Gasteiger partial charge in [-0.2, -0.15) is 0 Å². The van der Waals surface area contributed by atoms with E-state index in [-0.39, 0.29) is 0 Å². The third-order valence-electron chi connectivity index (χ3n) is 1.69. The van der Waals surface area contributed by atoms with Gasteiger partial charge in [-0.15, -0.1) is 0 Å². The summed E-state index contributed by atoms with van der Waals surface area (Å²) in [6.45, 7) is 6.27. The van der Waals surface area contributed by atoms with Gasteiger partial charge in [-0.1, -0.05) is 28.7 Å². The Balaban J connectivity index is 3.09. The number of nitrogens with zero attached hydrogens (tertiary/aromatic N) is 1. The SMILES string of the molecule is Cc1ccc(C(C)I)c(C)n1. The number of hydrogen-bond donors (Lipinski definition) is 0. The van der Waals surface area contributed by atoms with Gasteiger partial charge >= 0.3 is 0 Å². The minimum atomic E-state index is 0.556. The molecule has 0 aliphatic rings. The summed E-state index contributed by atoms with van der Waals surface area (Å²) in [5.41, 5.74) is 3.60. The van der Waals surface area contributed by atoms with E-state index in [1.54, 1.807) is 0 Å². The van der Waals surface area contributed by atoms with Gasteiger partial charge in [-0.3, -0.25) is 4.98 Å².